The molecule has 2 aliphatic rings. The van der Waals surface area contributed by atoms with E-state index in [1.54, 1.807) is 0 Å². The minimum atomic E-state index is 0.907. The zero-order valence-electron chi connectivity index (χ0n) is 6.08. The number of fused-ring (bicyclic) bond motifs is 1. The lowest BCUT2D eigenvalue weighted by Gasteiger charge is -1.93. The molecule has 0 N–H and O–H groups in total. The van der Waals surface area contributed by atoms with Crippen LogP contribution < -0.4 is 0 Å². The second-order valence-corrected chi connectivity index (χ2v) is 3.18. The fraction of sp³-hybridized carbons (Fsp3) is 0.100. The molecule has 0 nitrogen and oxygen atoms in total. The predicted molar refractivity (Wildman–Crippen MR) is 51.7 cm³/mol. The van der Waals surface area contributed by atoms with Crippen molar-refractivity contribution >= 4 is 17.1 Å². The average molecular weight is 160 g/mol. The maximum atomic E-state index is 5.13. The molecular weight excluding hydrogens is 152 g/mol. The third-order valence-corrected chi connectivity index (χ3v) is 2.10. The van der Waals surface area contributed by atoms with Crippen LogP contribution in [0.5, 0.6) is 0 Å². The van der Waals surface area contributed by atoms with Crippen molar-refractivity contribution in [3.8, 4) is 0 Å². The van der Waals surface area contributed by atoms with E-state index in [0.717, 1.165) is 11.3 Å². The van der Waals surface area contributed by atoms with E-state index >= 15 is 0 Å². The van der Waals surface area contributed by atoms with Gasteiger partial charge >= 0.3 is 0 Å². The highest BCUT2D eigenvalue weighted by atomic mass is 32.1. The smallest absolute Gasteiger partial charge is 0.0196 e. The van der Waals surface area contributed by atoms with Crippen molar-refractivity contribution in [3.05, 3.63) is 47.6 Å². The molecule has 0 atom stereocenters. The average Bonchev–Trinajstić information content (AvgIpc) is 2.31. The zero-order chi connectivity index (χ0) is 7.68. The highest BCUT2D eigenvalue weighted by molar-refractivity contribution is 7.80. The Hall–Kier alpha value is -0.950. The van der Waals surface area contributed by atoms with Crippen molar-refractivity contribution < 1.29 is 0 Å². The molecule has 0 amide bonds. The fourth-order valence-corrected chi connectivity index (χ4v) is 1.49. The number of hydrogen-bond donors (Lipinski definition) is 0. The summed E-state index contributed by atoms with van der Waals surface area (Å²) in [7, 11) is 0. The van der Waals surface area contributed by atoms with Crippen LogP contribution >= 0.6 is 12.2 Å². The predicted octanol–water partition coefficient (Wildman–Crippen LogP) is 2.74. The van der Waals surface area contributed by atoms with Gasteiger partial charge in [-0.15, -0.1) is 0 Å². The lowest BCUT2D eigenvalue weighted by atomic mass is 10.1. The summed E-state index contributed by atoms with van der Waals surface area (Å²) in [5.74, 6) is 0. The second kappa shape index (κ2) is 2.59. The van der Waals surface area contributed by atoms with E-state index in [9.17, 15) is 0 Å². The molecule has 0 aromatic rings. The lowest BCUT2D eigenvalue weighted by molar-refractivity contribution is 1.53. The van der Waals surface area contributed by atoms with Crippen molar-refractivity contribution in [1.82, 2.24) is 0 Å². The molecule has 0 bridgehead atoms. The lowest BCUT2D eigenvalue weighted by Crippen LogP contribution is -1.84. The molecule has 0 unspecified atom stereocenters. The molecule has 0 radical (unpaired) electrons. The van der Waals surface area contributed by atoms with Gasteiger partial charge in [0.05, 0.1) is 0 Å². The van der Waals surface area contributed by atoms with E-state index in [1.807, 2.05) is 0 Å². The Morgan fingerprint density at radius 2 is 2.09 bits per heavy atom. The molecule has 0 aromatic heterocycles. The summed E-state index contributed by atoms with van der Waals surface area (Å²) in [5.41, 5.74) is 2.54. The minimum Gasteiger partial charge on any atom is -0.0846 e. The molecule has 0 heterocycles. The molecule has 1 heteroatoms. The van der Waals surface area contributed by atoms with E-state index in [2.05, 4.69) is 36.5 Å². The van der Waals surface area contributed by atoms with Gasteiger partial charge in [-0.05, 0) is 17.2 Å². The summed E-state index contributed by atoms with van der Waals surface area (Å²) in [6.07, 6.45) is 13.5. The Kier molecular flexibility index (Phi) is 1.59. The first kappa shape index (κ1) is 6.74. The maximum absolute atomic E-state index is 5.13. The van der Waals surface area contributed by atoms with Crippen LogP contribution in [0.1, 0.15) is 6.42 Å². The molecule has 0 aliphatic heterocycles. The first-order valence-corrected chi connectivity index (χ1v) is 4.07. The highest BCUT2D eigenvalue weighted by Crippen LogP contribution is 2.22. The Morgan fingerprint density at radius 3 is 3.00 bits per heavy atom. The standard InChI is InChI=1S/C10H8S/c11-10-6-2-4-8-3-1-5-9(8)7-10/h1-5,7H,6H2. The van der Waals surface area contributed by atoms with Crippen LogP contribution in [0.25, 0.3) is 0 Å². The molecule has 11 heavy (non-hydrogen) atoms. The highest BCUT2D eigenvalue weighted by Gasteiger charge is 2.06. The summed E-state index contributed by atoms with van der Waals surface area (Å²) in [5, 5.41) is 0. The first-order valence-electron chi connectivity index (χ1n) is 3.66. The van der Waals surface area contributed by atoms with Gasteiger partial charge < -0.3 is 0 Å². The van der Waals surface area contributed by atoms with Gasteiger partial charge in [-0.1, -0.05) is 42.6 Å². The van der Waals surface area contributed by atoms with Crippen LogP contribution in [0, 0.1) is 0 Å². The SMILES string of the molecule is S=C1C=C2C=CC=C2C=CC1. The summed E-state index contributed by atoms with van der Waals surface area (Å²) < 4.78 is 0. The van der Waals surface area contributed by atoms with E-state index in [0.29, 0.717) is 0 Å². The van der Waals surface area contributed by atoms with Gasteiger partial charge in [0.25, 0.3) is 0 Å². The quantitative estimate of drug-likeness (QED) is 0.491. The molecule has 0 saturated carbocycles. The molecular formula is C10H8S. The summed E-state index contributed by atoms with van der Waals surface area (Å²) in [4.78, 5) is 1.02. The van der Waals surface area contributed by atoms with Crippen LogP contribution in [0.15, 0.2) is 47.6 Å². The number of thiocarbonyl (C=S) groups is 1. The van der Waals surface area contributed by atoms with Crippen molar-refractivity contribution in [2.45, 2.75) is 6.42 Å². The van der Waals surface area contributed by atoms with Crippen molar-refractivity contribution in [3.63, 3.8) is 0 Å². The van der Waals surface area contributed by atoms with E-state index < -0.39 is 0 Å². The van der Waals surface area contributed by atoms with Crippen LogP contribution in [0.3, 0.4) is 0 Å². The Labute approximate surface area is 71.6 Å². The second-order valence-electron chi connectivity index (χ2n) is 2.65. The largest absolute Gasteiger partial charge is 0.0846 e. The minimum absolute atomic E-state index is 0.907. The Balaban J connectivity index is 2.47. The molecule has 2 aliphatic carbocycles. The van der Waals surface area contributed by atoms with Gasteiger partial charge in [0.1, 0.15) is 0 Å². The van der Waals surface area contributed by atoms with E-state index in [-0.39, 0.29) is 0 Å². The molecule has 0 fully saturated rings. The number of hydrogen-bond acceptors (Lipinski definition) is 1. The van der Waals surface area contributed by atoms with Crippen LogP contribution in [-0.2, 0) is 0 Å². The molecule has 0 saturated heterocycles. The van der Waals surface area contributed by atoms with Gasteiger partial charge in [0, 0.05) is 11.3 Å². The molecule has 54 valence electrons. The Morgan fingerprint density at radius 1 is 1.18 bits per heavy atom. The van der Waals surface area contributed by atoms with Gasteiger partial charge in [-0.3, -0.25) is 0 Å². The van der Waals surface area contributed by atoms with Gasteiger partial charge in [0.15, 0.2) is 0 Å². The van der Waals surface area contributed by atoms with Crippen LogP contribution in [0.4, 0.5) is 0 Å². The Bertz CT molecular complexity index is 314. The normalized spacial score (nSPS) is 20.9. The number of allylic oxidation sites excluding steroid dienone is 8. The number of rotatable bonds is 0. The third kappa shape index (κ3) is 1.24. The van der Waals surface area contributed by atoms with Gasteiger partial charge in [-0.25, -0.2) is 0 Å². The molecule has 0 aromatic carbocycles. The van der Waals surface area contributed by atoms with Crippen molar-refractivity contribution in [1.29, 1.82) is 0 Å². The topological polar surface area (TPSA) is 0 Å². The zero-order valence-corrected chi connectivity index (χ0v) is 6.90. The van der Waals surface area contributed by atoms with E-state index in [4.69, 9.17) is 12.2 Å². The summed E-state index contributed by atoms with van der Waals surface area (Å²) >= 11 is 5.13. The van der Waals surface area contributed by atoms with Crippen LogP contribution in [0.2, 0.25) is 0 Å². The molecule has 0 spiro atoms. The maximum Gasteiger partial charge on any atom is 0.0196 e. The van der Waals surface area contributed by atoms with Gasteiger partial charge in [0.2, 0.25) is 0 Å². The van der Waals surface area contributed by atoms with Crippen molar-refractivity contribution in [2.24, 2.45) is 0 Å². The summed E-state index contributed by atoms with van der Waals surface area (Å²) in [6, 6.07) is 0. The third-order valence-electron chi connectivity index (χ3n) is 1.82. The summed E-state index contributed by atoms with van der Waals surface area (Å²) in [6.45, 7) is 0. The fourth-order valence-electron chi connectivity index (χ4n) is 1.27. The van der Waals surface area contributed by atoms with E-state index in [1.165, 1.54) is 11.1 Å². The van der Waals surface area contributed by atoms with Gasteiger partial charge in [-0.2, -0.15) is 0 Å². The first-order chi connectivity index (χ1) is 5.36. The monoisotopic (exact) mass is 160 g/mol. The van der Waals surface area contributed by atoms with Crippen molar-refractivity contribution in [2.75, 3.05) is 0 Å². The van der Waals surface area contributed by atoms with Crippen LogP contribution in [-0.4, -0.2) is 4.86 Å². The molecule has 2 rings (SSSR count).